The number of methoxy groups -OCH3 is 2. The quantitative estimate of drug-likeness (QED) is 0.824. The third kappa shape index (κ3) is 3.61. The first kappa shape index (κ1) is 15.3. The van der Waals surface area contributed by atoms with E-state index in [1.807, 2.05) is 25.2 Å². The zero-order chi connectivity index (χ0) is 13.5. The second kappa shape index (κ2) is 7.62. The van der Waals surface area contributed by atoms with Gasteiger partial charge in [0, 0.05) is 7.11 Å². The van der Waals surface area contributed by atoms with Crippen molar-refractivity contribution in [2.45, 2.75) is 31.9 Å². The molecule has 4 heteroatoms. The van der Waals surface area contributed by atoms with Crippen molar-refractivity contribution >= 4 is 11.6 Å². The van der Waals surface area contributed by atoms with Gasteiger partial charge in [0.05, 0.1) is 24.3 Å². The van der Waals surface area contributed by atoms with Crippen LogP contribution in [0.15, 0.2) is 18.2 Å². The normalized spacial score (nSPS) is 14.3. The molecule has 0 fully saturated rings. The number of likely N-dealkylation sites (N-methyl/N-ethyl adjacent to an activating group) is 1. The summed E-state index contributed by atoms with van der Waals surface area (Å²) in [5.41, 5.74) is 1.12. The van der Waals surface area contributed by atoms with Crippen molar-refractivity contribution in [3.63, 3.8) is 0 Å². The minimum absolute atomic E-state index is 0.140. The zero-order valence-electron chi connectivity index (χ0n) is 11.5. The topological polar surface area (TPSA) is 30.5 Å². The van der Waals surface area contributed by atoms with E-state index in [1.165, 1.54) is 0 Å². The van der Waals surface area contributed by atoms with Crippen molar-refractivity contribution in [2.75, 3.05) is 21.3 Å². The highest BCUT2D eigenvalue weighted by Gasteiger charge is 2.21. The highest BCUT2D eigenvalue weighted by atomic mass is 35.5. The first-order valence-electron chi connectivity index (χ1n) is 6.21. The Labute approximate surface area is 114 Å². The minimum atomic E-state index is 0.140. The molecular formula is C14H22ClNO2. The predicted molar refractivity (Wildman–Crippen MR) is 75.5 cm³/mol. The number of hydrogen-bond donors (Lipinski definition) is 1. The molecule has 0 radical (unpaired) electrons. The van der Waals surface area contributed by atoms with Crippen LogP contribution in [0.2, 0.25) is 5.02 Å². The molecule has 18 heavy (non-hydrogen) atoms. The van der Waals surface area contributed by atoms with E-state index in [0.717, 1.165) is 18.4 Å². The third-order valence-corrected chi connectivity index (χ3v) is 3.41. The van der Waals surface area contributed by atoms with Crippen LogP contribution >= 0.6 is 11.6 Å². The lowest BCUT2D eigenvalue weighted by atomic mass is 9.98. The summed E-state index contributed by atoms with van der Waals surface area (Å²) >= 11 is 6.04. The van der Waals surface area contributed by atoms with Crippen LogP contribution in [0, 0.1) is 0 Å². The van der Waals surface area contributed by atoms with Gasteiger partial charge in [0.15, 0.2) is 0 Å². The molecule has 0 spiro atoms. The summed E-state index contributed by atoms with van der Waals surface area (Å²) in [4.78, 5) is 0. The van der Waals surface area contributed by atoms with Crippen LogP contribution in [0.25, 0.3) is 0 Å². The van der Waals surface area contributed by atoms with Gasteiger partial charge in [-0.2, -0.15) is 0 Å². The molecule has 0 aromatic heterocycles. The molecule has 0 saturated heterocycles. The molecule has 1 N–H and O–H groups in total. The molecule has 1 aromatic rings. The van der Waals surface area contributed by atoms with E-state index in [-0.39, 0.29) is 12.1 Å². The fraction of sp³-hybridized carbons (Fsp3) is 0.571. The van der Waals surface area contributed by atoms with Gasteiger partial charge in [0.25, 0.3) is 0 Å². The number of ether oxygens (including phenoxy) is 2. The summed E-state index contributed by atoms with van der Waals surface area (Å²) in [6.45, 7) is 2.15. The maximum atomic E-state index is 6.04. The van der Waals surface area contributed by atoms with E-state index in [9.17, 15) is 0 Å². The Kier molecular flexibility index (Phi) is 6.47. The van der Waals surface area contributed by atoms with Crippen LogP contribution in [-0.4, -0.2) is 27.4 Å². The van der Waals surface area contributed by atoms with Gasteiger partial charge in [-0.25, -0.2) is 0 Å². The van der Waals surface area contributed by atoms with Crippen LogP contribution in [0.4, 0.5) is 0 Å². The van der Waals surface area contributed by atoms with Gasteiger partial charge >= 0.3 is 0 Å². The second-order valence-corrected chi connectivity index (χ2v) is 4.63. The lowest BCUT2D eigenvalue weighted by Gasteiger charge is -2.26. The first-order valence-corrected chi connectivity index (χ1v) is 6.59. The van der Waals surface area contributed by atoms with Crippen LogP contribution in [0.5, 0.6) is 5.75 Å². The largest absolute Gasteiger partial charge is 0.495 e. The summed E-state index contributed by atoms with van der Waals surface area (Å²) in [5.74, 6) is 0.695. The van der Waals surface area contributed by atoms with E-state index in [4.69, 9.17) is 21.1 Å². The molecule has 1 aromatic carbocycles. The zero-order valence-corrected chi connectivity index (χ0v) is 12.3. The smallest absolute Gasteiger partial charge is 0.137 e. The maximum Gasteiger partial charge on any atom is 0.137 e. The predicted octanol–water partition coefficient (Wildman–Crippen LogP) is 3.42. The van der Waals surface area contributed by atoms with E-state index < -0.39 is 0 Å². The van der Waals surface area contributed by atoms with E-state index in [0.29, 0.717) is 10.8 Å². The fourth-order valence-electron chi connectivity index (χ4n) is 2.14. The first-order chi connectivity index (χ1) is 8.67. The van der Waals surface area contributed by atoms with Gasteiger partial charge in [-0.05, 0) is 31.2 Å². The Hall–Kier alpha value is -0.770. The van der Waals surface area contributed by atoms with Crippen molar-refractivity contribution in [3.05, 3.63) is 28.8 Å². The van der Waals surface area contributed by atoms with E-state index in [1.54, 1.807) is 14.2 Å². The molecule has 2 atom stereocenters. The highest BCUT2D eigenvalue weighted by molar-refractivity contribution is 6.32. The maximum absolute atomic E-state index is 6.04. The van der Waals surface area contributed by atoms with Gasteiger partial charge in [0.2, 0.25) is 0 Å². The molecule has 0 saturated carbocycles. The molecule has 0 amide bonds. The molecule has 1 rings (SSSR count). The molecule has 0 bridgehead atoms. The Morgan fingerprint density at radius 1 is 1.33 bits per heavy atom. The lowest BCUT2D eigenvalue weighted by molar-refractivity contribution is 0.0630. The average Bonchev–Trinajstić information content (AvgIpc) is 2.40. The van der Waals surface area contributed by atoms with Crippen LogP contribution < -0.4 is 10.1 Å². The number of benzene rings is 1. The van der Waals surface area contributed by atoms with Gasteiger partial charge in [-0.15, -0.1) is 0 Å². The van der Waals surface area contributed by atoms with Gasteiger partial charge < -0.3 is 14.8 Å². The molecule has 3 nitrogen and oxygen atoms in total. The van der Waals surface area contributed by atoms with Crippen molar-refractivity contribution < 1.29 is 9.47 Å². The molecule has 2 unspecified atom stereocenters. The molecule has 0 heterocycles. The van der Waals surface area contributed by atoms with Crippen LogP contribution in [0.1, 0.15) is 31.4 Å². The monoisotopic (exact) mass is 271 g/mol. The highest BCUT2D eigenvalue weighted by Crippen LogP contribution is 2.30. The lowest BCUT2D eigenvalue weighted by Crippen LogP contribution is -2.30. The summed E-state index contributed by atoms with van der Waals surface area (Å²) in [7, 11) is 5.31. The summed E-state index contributed by atoms with van der Waals surface area (Å²) < 4.78 is 10.8. The number of halogens is 1. The third-order valence-electron chi connectivity index (χ3n) is 3.09. The number of rotatable bonds is 7. The standard InChI is InChI=1S/C14H22ClNO2/c1-5-6-12(17-3)14(16-2)10-7-8-11(15)13(9-10)18-4/h7-9,12,14,16H,5-6H2,1-4H3. The Morgan fingerprint density at radius 3 is 2.56 bits per heavy atom. The summed E-state index contributed by atoms with van der Waals surface area (Å²) in [6, 6.07) is 5.97. The fourth-order valence-corrected chi connectivity index (χ4v) is 2.34. The number of hydrogen-bond acceptors (Lipinski definition) is 3. The van der Waals surface area contributed by atoms with E-state index in [2.05, 4.69) is 12.2 Å². The molecule has 102 valence electrons. The SMILES string of the molecule is CCCC(OC)C(NC)c1ccc(Cl)c(OC)c1. The van der Waals surface area contributed by atoms with E-state index >= 15 is 0 Å². The van der Waals surface area contributed by atoms with Crippen molar-refractivity contribution in [1.29, 1.82) is 0 Å². The second-order valence-electron chi connectivity index (χ2n) is 4.22. The average molecular weight is 272 g/mol. The Balaban J connectivity index is 3.00. The van der Waals surface area contributed by atoms with Crippen molar-refractivity contribution in [3.8, 4) is 5.75 Å². The summed E-state index contributed by atoms with van der Waals surface area (Å²) in [5, 5.41) is 3.93. The summed E-state index contributed by atoms with van der Waals surface area (Å²) in [6.07, 6.45) is 2.24. The van der Waals surface area contributed by atoms with Crippen LogP contribution in [0.3, 0.4) is 0 Å². The molecule has 0 aliphatic carbocycles. The van der Waals surface area contributed by atoms with Crippen LogP contribution in [-0.2, 0) is 4.74 Å². The number of nitrogens with one attached hydrogen (secondary N) is 1. The van der Waals surface area contributed by atoms with Gasteiger partial charge in [-0.1, -0.05) is 31.0 Å². The van der Waals surface area contributed by atoms with Crippen molar-refractivity contribution in [1.82, 2.24) is 5.32 Å². The molecular weight excluding hydrogens is 250 g/mol. The molecule has 0 aliphatic rings. The van der Waals surface area contributed by atoms with Crippen molar-refractivity contribution in [2.24, 2.45) is 0 Å². The Bertz CT molecular complexity index is 371. The van der Waals surface area contributed by atoms with Gasteiger partial charge in [0.1, 0.15) is 5.75 Å². The minimum Gasteiger partial charge on any atom is -0.495 e. The molecule has 0 aliphatic heterocycles. The van der Waals surface area contributed by atoms with Gasteiger partial charge in [-0.3, -0.25) is 0 Å². The Morgan fingerprint density at radius 2 is 2.06 bits per heavy atom.